The van der Waals surface area contributed by atoms with Crippen LogP contribution in [0.3, 0.4) is 0 Å². The van der Waals surface area contributed by atoms with Crippen LogP contribution in [0.5, 0.6) is 0 Å². The molecular weight excluding hydrogens is 567 g/mol. The summed E-state index contributed by atoms with van der Waals surface area (Å²) in [6.07, 6.45) is 0.111. The molecule has 0 amide bonds. The molecule has 0 bridgehead atoms. The minimum Gasteiger partial charge on any atom is -1.00 e. The first-order valence-corrected chi connectivity index (χ1v) is 12.5. The first-order valence-electron chi connectivity index (χ1n) is 12.5. The molecule has 2 N–H and O–H groups in total. The van der Waals surface area contributed by atoms with E-state index in [1.54, 1.807) is 0 Å². The van der Waals surface area contributed by atoms with E-state index >= 15 is 0 Å². The Morgan fingerprint density at radius 2 is 1.08 bits per heavy atom. The van der Waals surface area contributed by atoms with Gasteiger partial charge in [-0.15, -0.1) is 0 Å². The molecule has 7 heteroatoms. The molecule has 0 spiro atoms. The molecule has 2 aromatic carbocycles. The molecule has 2 aromatic rings. The number of rotatable bonds is 3. The van der Waals surface area contributed by atoms with E-state index in [0.717, 1.165) is 46.3 Å². The topological polar surface area (TPSA) is 80.6 Å². The van der Waals surface area contributed by atoms with Crippen molar-refractivity contribution in [3.63, 3.8) is 0 Å². The third-order valence-electron chi connectivity index (χ3n) is 7.34. The van der Waals surface area contributed by atoms with Crippen LogP contribution in [-0.2, 0) is 16.0 Å². The standard InChI is InChI=1S/2C13H20NO.C3H6O2.HI/c2*1-11-9-14(2,3)10-13(11,15)12-7-5-4-6-8-12;1-2-3(4)5;/h2*4-8,11,15H,9-10H2,1-3H3;2H2,1H3,(H,4,5);1H/q2*+1;;/p-2. The van der Waals surface area contributed by atoms with Gasteiger partial charge < -0.3 is 53.1 Å². The van der Waals surface area contributed by atoms with Crippen molar-refractivity contribution < 1.29 is 53.1 Å². The number of nitrogens with zero attached hydrogens (tertiary/aromatic N) is 2. The van der Waals surface area contributed by atoms with Crippen molar-refractivity contribution in [2.75, 3.05) is 54.4 Å². The summed E-state index contributed by atoms with van der Waals surface area (Å²) < 4.78 is 1.79. The predicted octanol–water partition coefficient (Wildman–Crippen LogP) is -0.649. The maximum Gasteiger partial charge on any atom is 0.146 e. The number of aliphatic hydroxyl groups is 2. The van der Waals surface area contributed by atoms with Crippen LogP contribution in [0.2, 0.25) is 0 Å². The number of likely N-dealkylation sites (tertiary alicyclic amines) is 2. The van der Waals surface area contributed by atoms with Gasteiger partial charge in [-0.3, -0.25) is 0 Å². The van der Waals surface area contributed by atoms with Crippen LogP contribution in [0.25, 0.3) is 0 Å². The van der Waals surface area contributed by atoms with Crippen molar-refractivity contribution in [1.82, 2.24) is 0 Å². The summed E-state index contributed by atoms with van der Waals surface area (Å²) in [5.41, 5.74) is 0.817. The maximum atomic E-state index is 10.8. The van der Waals surface area contributed by atoms with Gasteiger partial charge in [-0.05, 0) is 17.5 Å². The van der Waals surface area contributed by atoms with Crippen LogP contribution in [0.1, 0.15) is 38.3 Å². The summed E-state index contributed by atoms with van der Waals surface area (Å²) in [5, 5.41) is 30.8. The lowest BCUT2D eigenvalue weighted by molar-refractivity contribution is -0.882. The van der Waals surface area contributed by atoms with E-state index in [1.807, 2.05) is 60.7 Å². The van der Waals surface area contributed by atoms with E-state index in [0.29, 0.717) is 11.8 Å². The van der Waals surface area contributed by atoms with Crippen LogP contribution in [0.4, 0.5) is 0 Å². The number of carboxylic acids is 1. The molecule has 4 atom stereocenters. The van der Waals surface area contributed by atoms with Crippen LogP contribution < -0.4 is 29.1 Å². The largest absolute Gasteiger partial charge is 1.00 e. The van der Waals surface area contributed by atoms with Crippen LogP contribution in [-0.4, -0.2) is 79.5 Å². The highest BCUT2D eigenvalue weighted by Crippen LogP contribution is 2.39. The fraction of sp³-hybridized carbons (Fsp3) is 0.552. The first kappa shape index (κ1) is 32.5. The van der Waals surface area contributed by atoms with E-state index < -0.39 is 17.2 Å². The fourth-order valence-electron chi connectivity index (χ4n) is 5.74. The zero-order chi connectivity index (χ0) is 26.5. The van der Waals surface area contributed by atoms with Crippen molar-refractivity contribution in [2.24, 2.45) is 11.8 Å². The number of aliphatic carboxylic acids is 1. The maximum absolute atomic E-state index is 10.8. The smallest absolute Gasteiger partial charge is 0.146 e. The molecule has 4 unspecified atom stereocenters. The van der Waals surface area contributed by atoms with Gasteiger partial charge in [0.15, 0.2) is 0 Å². The summed E-state index contributed by atoms with van der Waals surface area (Å²) in [6.45, 7) is 9.49. The van der Waals surface area contributed by atoms with E-state index in [2.05, 4.69) is 42.0 Å². The summed E-state index contributed by atoms with van der Waals surface area (Å²) in [6, 6.07) is 20.1. The molecule has 2 aliphatic rings. The number of hydrogen-bond acceptors (Lipinski definition) is 4. The van der Waals surface area contributed by atoms with Crippen LogP contribution in [0.15, 0.2) is 60.7 Å². The Morgan fingerprint density at radius 3 is 1.28 bits per heavy atom. The summed E-state index contributed by atoms with van der Waals surface area (Å²) in [5.74, 6) is -0.366. The summed E-state index contributed by atoms with van der Waals surface area (Å²) >= 11 is 0. The van der Waals surface area contributed by atoms with Gasteiger partial charge in [-0.2, -0.15) is 0 Å². The average molecular weight is 613 g/mol. The van der Waals surface area contributed by atoms with Gasteiger partial charge in [0.2, 0.25) is 0 Å². The van der Waals surface area contributed by atoms with Crippen molar-refractivity contribution in [3.8, 4) is 0 Å². The van der Waals surface area contributed by atoms with Gasteiger partial charge in [0, 0.05) is 17.8 Å². The van der Waals surface area contributed by atoms with E-state index in [1.165, 1.54) is 6.92 Å². The molecule has 2 saturated heterocycles. The minimum atomic E-state index is -0.995. The number of carboxylic acid groups (broad SMARTS) is 1. The zero-order valence-electron chi connectivity index (χ0n) is 22.9. The van der Waals surface area contributed by atoms with Gasteiger partial charge in [0.25, 0.3) is 0 Å². The number of hydrogen-bond donors (Lipinski definition) is 2. The van der Waals surface area contributed by atoms with Crippen molar-refractivity contribution in [1.29, 1.82) is 0 Å². The van der Waals surface area contributed by atoms with E-state index in [4.69, 9.17) is 0 Å². The van der Waals surface area contributed by atoms with Crippen molar-refractivity contribution in [3.05, 3.63) is 71.8 Å². The van der Waals surface area contributed by atoms with Gasteiger partial charge in [0.1, 0.15) is 24.3 Å². The molecule has 202 valence electrons. The molecule has 4 rings (SSSR count). The monoisotopic (exact) mass is 612 g/mol. The van der Waals surface area contributed by atoms with Gasteiger partial charge in [-0.25, -0.2) is 0 Å². The van der Waals surface area contributed by atoms with Crippen molar-refractivity contribution >= 4 is 5.97 Å². The number of quaternary nitrogens is 2. The fourth-order valence-corrected chi connectivity index (χ4v) is 5.74. The second kappa shape index (κ2) is 12.8. The molecule has 0 saturated carbocycles. The highest BCUT2D eigenvalue weighted by Gasteiger charge is 2.51. The molecule has 2 fully saturated rings. The molecule has 2 heterocycles. The quantitative estimate of drug-likeness (QED) is 0.357. The first-order chi connectivity index (χ1) is 16.2. The Morgan fingerprint density at radius 1 is 0.806 bits per heavy atom. The Balaban J connectivity index is 0.000000298. The predicted molar refractivity (Wildman–Crippen MR) is 138 cm³/mol. The molecular formula is C29H45IN2O4. The summed E-state index contributed by atoms with van der Waals surface area (Å²) in [4.78, 5) is 9.26. The highest BCUT2D eigenvalue weighted by molar-refractivity contribution is 5.63. The van der Waals surface area contributed by atoms with Crippen LogP contribution in [0, 0.1) is 11.8 Å². The number of halogens is 1. The second-order valence-corrected chi connectivity index (χ2v) is 11.7. The Bertz CT molecular complexity index is 883. The van der Waals surface area contributed by atoms with Gasteiger partial charge in [0.05, 0.1) is 41.3 Å². The van der Waals surface area contributed by atoms with E-state index in [9.17, 15) is 20.1 Å². The Hall–Kier alpha value is -1.52. The Kier molecular flexibility index (Phi) is 11.6. The van der Waals surface area contributed by atoms with E-state index in [-0.39, 0.29) is 30.4 Å². The normalized spacial score (nSPS) is 29.6. The highest BCUT2D eigenvalue weighted by atomic mass is 127. The third-order valence-corrected chi connectivity index (χ3v) is 7.34. The molecule has 0 aromatic heterocycles. The molecule has 36 heavy (non-hydrogen) atoms. The second-order valence-electron chi connectivity index (χ2n) is 11.7. The minimum absolute atomic E-state index is 0. The lowest BCUT2D eigenvalue weighted by Gasteiger charge is -2.27. The zero-order valence-corrected chi connectivity index (χ0v) is 25.1. The SMILES string of the molecule is CC1C[N+](C)(C)CC1(O)c1ccccc1.CC1C[N+](C)(C)CC1(O)c1ccccc1.CCC(=O)[O-].[I-]. The lowest BCUT2D eigenvalue weighted by atomic mass is 9.85. The third kappa shape index (κ3) is 8.25. The number of likely N-dealkylation sites (N-methyl/N-ethyl adjacent to an activating group) is 2. The molecule has 0 radical (unpaired) electrons. The number of carbonyl (C=O) groups is 1. The van der Waals surface area contributed by atoms with Crippen LogP contribution >= 0.6 is 0 Å². The molecule has 6 nitrogen and oxygen atoms in total. The molecule has 0 aliphatic carbocycles. The lowest BCUT2D eigenvalue weighted by Crippen LogP contribution is -3.00. The number of carbonyl (C=O) groups excluding carboxylic acids is 1. The number of benzene rings is 2. The van der Waals surface area contributed by atoms with Gasteiger partial charge in [-0.1, -0.05) is 81.4 Å². The molecule has 2 aliphatic heterocycles. The van der Waals surface area contributed by atoms with Gasteiger partial charge >= 0.3 is 0 Å². The van der Waals surface area contributed by atoms with Crippen molar-refractivity contribution in [2.45, 2.75) is 38.4 Å². The average Bonchev–Trinajstić information content (AvgIpc) is 3.15. The summed E-state index contributed by atoms with van der Waals surface area (Å²) in [7, 11) is 8.71. The Labute approximate surface area is 234 Å².